The molecule has 0 radical (unpaired) electrons. The molecule has 0 aliphatic carbocycles. The van der Waals surface area contributed by atoms with E-state index in [0.29, 0.717) is 40.1 Å². The van der Waals surface area contributed by atoms with Crippen molar-refractivity contribution in [3.63, 3.8) is 0 Å². The first-order valence-electron chi connectivity index (χ1n) is 12.4. The molecule has 0 amide bonds. The van der Waals surface area contributed by atoms with Crippen molar-refractivity contribution in [3.05, 3.63) is 122 Å². The van der Waals surface area contributed by atoms with Crippen LogP contribution in [0.15, 0.2) is 82.5 Å². The first-order chi connectivity index (χ1) is 19.0. The fourth-order valence-corrected chi connectivity index (χ4v) is 5.17. The molecule has 0 saturated carbocycles. The summed E-state index contributed by atoms with van der Waals surface area (Å²) in [6.45, 7) is 3.62. The summed E-state index contributed by atoms with van der Waals surface area (Å²) in [5, 5.41) is 6.30. The predicted molar refractivity (Wildman–Crippen MR) is 147 cm³/mol. The minimum Gasteiger partial charge on any atom is -0.322 e. The lowest BCUT2D eigenvalue weighted by molar-refractivity contribution is 0.786. The number of nitrogens with zero attached hydrogens (tertiary/aromatic N) is 5. The van der Waals surface area contributed by atoms with E-state index >= 15 is 0 Å². The number of aryl methyl sites for hydroxylation is 2. The highest BCUT2D eigenvalue weighted by atomic mass is 16.1. The van der Waals surface area contributed by atoms with Crippen molar-refractivity contribution in [2.45, 2.75) is 19.8 Å². The molecule has 5 heterocycles. The number of H-pyrrole nitrogens is 4. The third kappa shape index (κ3) is 3.55. The standard InChI is InChI=1S/C28H23N9O2/c1-15-22(25(38)36(34-15)27-30-17-9-3-4-10-18(17)31-27)24(21-13-7-8-14-29-21)23-16(2)35-37(26(23)39)28-32-19-11-5-6-12-20(19)33-28/h3-14,24,34-35H,1-2H3,(H,30,31)(H,32,33). The fourth-order valence-electron chi connectivity index (χ4n) is 5.17. The van der Waals surface area contributed by atoms with E-state index in [2.05, 4.69) is 35.1 Å². The van der Waals surface area contributed by atoms with Gasteiger partial charge in [-0.1, -0.05) is 30.3 Å². The maximum Gasteiger partial charge on any atom is 0.278 e. The molecular formula is C28H23N9O2. The van der Waals surface area contributed by atoms with Gasteiger partial charge in [-0.25, -0.2) is 9.97 Å². The molecule has 0 saturated heterocycles. The number of benzene rings is 2. The van der Waals surface area contributed by atoms with Gasteiger partial charge in [0.25, 0.3) is 11.1 Å². The molecule has 11 nitrogen and oxygen atoms in total. The number of aromatic nitrogens is 9. The van der Waals surface area contributed by atoms with Crippen molar-refractivity contribution < 1.29 is 0 Å². The van der Waals surface area contributed by atoms with Crippen molar-refractivity contribution in [2.75, 3.05) is 0 Å². The maximum absolute atomic E-state index is 14.0. The highest BCUT2D eigenvalue weighted by Gasteiger charge is 2.32. The van der Waals surface area contributed by atoms with Gasteiger partial charge >= 0.3 is 0 Å². The van der Waals surface area contributed by atoms with Gasteiger partial charge in [-0.2, -0.15) is 9.36 Å². The summed E-state index contributed by atoms with van der Waals surface area (Å²) in [5.41, 5.74) is 5.05. The minimum atomic E-state index is -0.741. The van der Waals surface area contributed by atoms with Crippen LogP contribution in [0.5, 0.6) is 0 Å². The van der Waals surface area contributed by atoms with E-state index in [9.17, 15) is 9.59 Å². The van der Waals surface area contributed by atoms with Crippen LogP contribution >= 0.6 is 0 Å². The minimum absolute atomic E-state index is 0.322. The molecular weight excluding hydrogens is 494 g/mol. The number of rotatable bonds is 5. The Kier molecular flexibility index (Phi) is 4.98. The molecule has 0 aliphatic rings. The van der Waals surface area contributed by atoms with Gasteiger partial charge in [-0.3, -0.25) is 24.8 Å². The van der Waals surface area contributed by atoms with Gasteiger partial charge in [0.15, 0.2) is 0 Å². The Balaban J connectivity index is 1.43. The SMILES string of the molecule is Cc1[nH]n(-c2nc3ccccc3[nH]2)c(=O)c1C(c1ccccn1)c1c(C)[nH]n(-c2nc3ccccc3[nH]2)c1=O. The van der Waals surface area contributed by atoms with Crippen LogP contribution in [-0.4, -0.2) is 44.5 Å². The maximum atomic E-state index is 14.0. The van der Waals surface area contributed by atoms with Crippen LogP contribution in [0, 0.1) is 13.8 Å². The average Bonchev–Trinajstić information content (AvgIpc) is 3.70. The summed E-state index contributed by atoms with van der Waals surface area (Å²) in [4.78, 5) is 48.1. The van der Waals surface area contributed by atoms with Crippen LogP contribution in [-0.2, 0) is 0 Å². The van der Waals surface area contributed by atoms with E-state index in [0.717, 1.165) is 22.1 Å². The summed E-state index contributed by atoms with van der Waals surface area (Å²) < 4.78 is 2.75. The second kappa shape index (κ2) is 8.55. The first-order valence-corrected chi connectivity index (χ1v) is 12.4. The quantitative estimate of drug-likeness (QED) is 0.276. The largest absolute Gasteiger partial charge is 0.322 e. The van der Waals surface area contributed by atoms with Crippen LogP contribution in [0.25, 0.3) is 34.0 Å². The van der Waals surface area contributed by atoms with E-state index in [1.165, 1.54) is 9.36 Å². The van der Waals surface area contributed by atoms with E-state index in [4.69, 9.17) is 0 Å². The zero-order valence-corrected chi connectivity index (χ0v) is 21.1. The summed E-state index contributed by atoms with van der Waals surface area (Å²) in [7, 11) is 0. The van der Waals surface area contributed by atoms with Gasteiger partial charge in [0.2, 0.25) is 11.9 Å². The predicted octanol–water partition coefficient (Wildman–Crippen LogP) is 3.59. The van der Waals surface area contributed by atoms with Crippen LogP contribution < -0.4 is 11.1 Å². The molecule has 192 valence electrons. The van der Waals surface area contributed by atoms with Crippen LogP contribution in [0.2, 0.25) is 0 Å². The van der Waals surface area contributed by atoms with Crippen LogP contribution in [0.3, 0.4) is 0 Å². The summed E-state index contributed by atoms with van der Waals surface area (Å²) in [5.74, 6) is -0.0171. The molecule has 5 aromatic heterocycles. The smallest absolute Gasteiger partial charge is 0.278 e. The number of hydrogen-bond donors (Lipinski definition) is 4. The molecule has 0 atom stereocenters. The van der Waals surface area contributed by atoms with E-state index in [1.54, 1.807) is 12.3 Å². The normalized spacial score (nSPS) is 11.8. The van der Waals surface area contributed by atoms with Crippen molar-refractivity contribution >= 4 is 22.1 Å². The Morgan fingerprint density at radius 2 is 1.15 bits per heavy atom. The summed E-state index contributed by atoms with van der Waals surface area (Å²) in [6, 6.07) is 20.6. The lowest BCUT2D eigenvalue weighted by atomic mass is 9.88. The van der Waals surface area contributed by atoms with Gasteiger partial charge in [0, 0.05) is 17.6 Å². The molecule has 7 rings (SSSR count). The number of fused-ring (bicyclic) bond motifs is 2. The van der Waals surface area contributed by atoms with Gasteiger partial charge in [-0.15, -0.1) is 0 Å². The molecule has 39 heavy (non-hydrogen) atoms. The molecule has 4 N–H and O–H groups in total. The Labute approximate surface area is 220 Å². The second-order valence-corrected chi connectivity index (χ2v) is 9.42. The molecule has 7 aromatic rings. The fraction of sp³-hybridized carbons (Fsp3) is 0.107. The van der Waals surface area contributed by atoms with Gasteiger partial charge in [0.05, 0.1) is 44.8 Å². The number of imidazole rings is 2. The zero-order valence-electron chi connectivity index (χ0n) is 21.1. The topological polar surface area (TPSA) is 146 Å². The Bertz CT molecular complexity index is 1910. The average molecular weight is 518 g/mol. The second-order valence-electron chi connectivity index (χ2n) is 9.42. The van der Waals surface area contributed by atoms with Crippen LogP contribution in [0.4, 0.5) is 0 Å². The Morgan fingerprint density at radius 1 is 0.667 bits per heavy atom. The zero-order chi connectivity index (χ0) is 26.7. The van der Waals surface area contributed by atoms with Crippen molar-refractivity contribution in [2.24, 2.45) is 0 Å². The van der Waals surface area contributed by atoms with Gasteiger partial charge < -0.3 is 9.97 Å². The third-order valence-electron chi connectivity index (χ3n) is 6.97. The number of pyridine rings is 1. The Hall–Kier alpha value is -5.45. The highest BCUT2D eigenvalue weighted by Crippen LogP contribution is 2.31. The molecule has 2 aromatic carbocycles. The number of para-hydroxylation sites is 4. The van der Waals surface area contributed by atoms with E-state index in [-0.39, 0.29) is 11.1 Å². The lowest BCUT2D eigenvalue weighted by Crippen LogP contribution is -2.26. The summed E-state index contributed by atoms with van der Waals surface area (Å²) in [6.07, 6.45) is 1.65. The van der Waals surface area contributed by atoms with Crippen molar-refractivity contribution in [1.82, 2.24) is 44.5 Å². The van der Waals surface area contributed by atoms with Crippen LogP contribution in [0.1, 0.15) is 34.1 Å². The lowest BCUT2D eigenvalue weighted by Gasteiger charge is -2.14. The number of nitrogens with one attached hydrogen (secondary N) is 4. The van der Waals surface area contributed by atoms with Crippen molar-refractivity contribution in [3.8, 4) is 11.9 Å². The van der Waals surface area contributed by atoms with Gasteiger partial charge in [0.1, 0.15) is 0 Å². The molecule has 0 aliphatic heterocycles. The van der Waals surface area contributed by atoms with Crippen molar-refractivity contribution in [1.29, 1.82) is 0 Å². The van der Waals surface area contributed by atoms with E-state index < -0.39 is 5.92 Å². The number of hydrogen-bond acceptors (Lipinski definition) is 5. The monoisotopic (exact) mass is 517 g/mol. The Morgan fingerprint density at radius 3 is 1.62 bits per heavy atom. The molecule has 11 heteroatoms. The van der Waals surface area contributed by atoms with Gasteiger partial charge in [-0.05, 0) is 50.2 Å². The third-order valence-corrected chi connectivity index (χ3v) is 6.97. The number of aromatic amines is 4. The molecule has 0 unspecified atom stereocenters. The van der Waals surface area contributed by atoms with E-state index in [1.807, 2.05) is 74.5 Å². The highest BCUT2D eigenvalue weighted by molar-refractivity contribution is 5.76. The molecule has 0 spiro atoms. The summed E-state index contributed by atoms with van der Waals surface area (Å²) >= 11 is 0. The first kappa shape index (κ1) is 22.7. The molecule has 0 bridgehead atoms. The molecule has 0 fully saturated rings.